The highest BCUT2D eigenvalue weighted by atomic mass is 16.2. The number of amides is 1. The largest absolute Gasteiger partial charge is 0.336 e. The molecule has 1 saturated heterocycles. The van der Waals surface area contributed by atoms with E-state index in [4.69, 9.17) is 0 Å². The van der Waals surface area contributed by atoms with Crippen LogP contribution in [0.1, 0.15) is 60.5 Å². The molecule has 1 aliphatic heterocycles. The van der Waals surface area contributed by atoms with Crippen LogP contribution in [0.2, 0.25) is 0 Å². The van der Waals surface area contributed by atoms with E-state index in [1.54, 1.807) is 18.6 Å². The van der Waals surface area contributed by atoms with Gasteiger partial charge in [-0.3, -0.25) is 18.9 Å². The van der Waals surface area contributed by atoms with E-state index in [1.165, 1.54) is 32.1 Å². The van der Waals surface area contributed by atoms with Gasteiger partial charge in [0, 0.05) is 38.2 Å². The highest BCUT2D eigenvalue weighted by Crippen LogP contribution is 2.28. The second-order valence-electron chi connectivity index (χ2n) is 9.06. The lowest BCUT2D eigenvalue weighted by Crippen LogP contribution is -2.33. The maximum atomic E-state index is 13.5. The van der Waals surface area contributed by atoms with Crippen LogP contribution < -0.4 is 5.69 Å². The molecule has 1 aliphatic carbocycles. The highest BCUT2D eigenvalue weighted by Gasteiger charge is 2.32. The molecule has 1 atom stereocenters. The molecule has 162 valence electrons. The molecule has 4 heterocycles. The minimum atomic E-state index is -0.0563. The first-order chi connectivity index (χ1) is 15.1. The van der Waals surface area contributed by atoms with Crippen LogP contribution in [0.15, 0.2) is 41.6 Å². The predicted molar refractivity (Wildman–Crippen MR) is 119 cm³/mol. The minimum absolute atomic E-state index is 0.01000. The van der Waals surface area contributed by atoms with E-state index in [0.717, 1.165) is 29.7 Å². The number of hydrogen-bond acceptors (Lipinski definition) is 4. The van der Waals surface area contributed by atoms with Crippen LogP contribution in [0.25, 0.3) is 11.2 Å². The van der Waals surface area contributed by atoms with E-state index < -0.39 is 0 Å². The average Bonchev–Trinajstić information content (AvgIpc) is 3.37. The van der Waals surface area contributed by atoms with Gasteiger partial charge < -0.3 is 4.90 Å². The summed E-state index contributed by atoms with van der Waals surface area (Å²) in [6, 6.07) is 5.71. The molecule has 3 aromatic rings. The van der Waals surface area contributed by atoms with Crippen molar-refractivity contribution in [2.45, 2.75) is 58.0 Å². The second kappa shape index (κ2) is 8.29. The van der Waals surface area contributed by atoms with Crippen LogP contribution in [0, 0.1) is 12.8 Å². The summed E-state index contributed by atoms with van der Waals surface area (Å²) < 4.78 is 3.76. The normalized spacial score (nSPS) is 19.9. The quantitative estimate of drug-likeness (QED) is 0.648. The van der Waals surface area contributed by atoms with Gasteiger partial charge in [0.25, 0.3) is 5.91 Å². The number of carbonyl (C=O) groups is 1. The molecular weight excluding hydrogens is 390 g/mol. The van der Waals surface area contributed by atoms with Crippen molar-refractivity contribution in [3.63, 3.8) is 0 Å². The van der Waals surface area contributed by atoms with Crippen molar-refractivity contribution in [2.75, 3.05) is 13.1 Å². The summed E-state index contributed by atoms with van der Waals surface area (Å²) in [5.41, 5.74) is 3.22. The number of aryl methyl sites for hydroxylation is 1. The number of rotatable bonds is 4. The molecule has 5 rings (SSSR count). The van der Waals surface area contributed by atoms with Crippen molar-refractivity contribution in [2.24, 2.45) is 5.92 Å². The van der Waals surface area contributed by atoms with Crippen molar-refractivity contribution in [1.29, 1.82) is 0 Å². The van der Waals surface area contributed by atoms with Gasteiger partial charge >= 0.3 is 5.69 Å². The van der Waals surface area contributed by atoms with Crippen LogP contribution >= 0.6 is 0 Å². The molecule has 31 heavy (non-hydrogen) atoms. The zero-order valence-electron chi connectivity index (χ0n) is 18.0. The maximum Gasteiger partial charge on any atom is 0.330 e. The Labute approximate surface area is 181 Å². The monoisotopic (exact) mass is 419 g/mol. The third-order valence-corrected chi connectivity index (χ3v) is 6.83. The molecule has 2 aliphatic rings. The van der Waals surface area contributed by atoms with Gasteiger partial charge in [0.1, 0.15) is 0 Å². The van der Waals surface area contributed by atoms with Crippen LogP contribution in [0.4, 0.5) is 0 Å². The van der Waals surface area contributed by atoms with E-state index in [-0.39, 0.29) is 17.6 Å². The molecule has 0 N–H and O–H groups in total. The van der Waals surface area contributed by atoms with E-state index in [0.29, 0.717) is 24.6 Å². The molecule has 0 aromatic carbocycles. The number of likely N-dealkylation sites (tertiary alicyclic amines) is 1. The molecule has 0 radical (unpaired) electrons. The Morgan fingerprint density at radius 3 is 2.81 bits per heavy atom. The molecule has 1 saturated carbocycles. The number of hydrogen-bond donors (Lipinski definition) is 0. The molecule has 2 fully saturated rings. The molecule has 0 spiro atoms. The van der Waals surface area contributed by atoms with Crippen molar-refractivity contribution < 1.29 is 4.79 Å². The summed E-state index contributed by atoms with van der Waals surface area (Å²) in [6.45, 7) is 3.85. The van der Waals surface area contributed by atoms with Gasteiger partial charge in [0.2, 0.25) is 0 Å². The van der Waals surface area contributed by atoms with Crippen molar-refractivity contribution in [3.8, 4) is 0 Å². The van der Waals surface area contributed by atoms with Crippen LogP contribution in [-0.2, 0) is 6.54 Å². The summed E-state index contributed by atoms with van der Waals surface area (Å²) in [5, 5.41) is 0. The van der Waals surface area contributed by atoms with Crippen molar-refractivity contribution in [3.05, 3.63) is 58.4 Å². The van der Waals surface area contributed by atoms with E-state index in [1.807, 2.05) is 39.2 Å². The Morgan fingerprint density at radius 2 is 2.00 bits per heavy atom. The fraction of sp³-hybridized carbons (Fsp3) is 0.500. The Morgan fingerprint density at radius 1 is 1.16 bits per heavy atom. The van der Waals surface area contributed by atoms with Gasteiger partial charge in [-0.25, -0.2) is 9.78 Å². The summed E-state index contributed by atoms with van der Waals surface area (Å²) in [7, 11) is 0. The van der Waals surface area contributed by atoms with Gasteiger partial charge in [0.15, 0.2) is 5.65 Å². The topological polar surface area (TPSA) is 73.0 Å². The van der Waals surface area contributed by atoms with Crippen molar-refractivity contribution >= 4 is 17.1 Å². The van der Waals surface area contributed by atoms with E-state index in [2.05, 4.69) is 9.97 Å². The Balaban J connectivity index is 1.43. The Kier molecular flexibility index (Phi) is 5.34. The van der Waals surface area contributed by atoms with Crippen LogP contribution in [0.3, 0.4) is 0 Å². The SMILES string of the molecule is Cc1cncc(C(=O)N2CCC(n3c(=O)n(CC4CCCCC4)c4cccnc43)C2)c1. The van der Waals surface area contributed by atoms with E-state index >= 15 is 0 Å². The summed E-state index contributed by atoms with van der Waals surface area (Å²) in [6.07, 6.45) is 12.1. The molecule has 7 nitrogen and oxygen atoms in total. The fourth-order valence-electron chi connectivity index (χ4n) is 5.23. The molecule has 3 aromatic heterocycles. The third-order valence-electron chi connectivity index (χ3n) is 6.83. The van der Waals surface area contributed by atoms with Crippen molar-refractivity contribution in [1.82, 2.24) is 24.0 Å². The van der Waals surface area contributed by atoms with Crippen LogP contribution in [-0.4, -0.2) is 43.0 Å². The molecule has 0 bridgehead atoms. The third kappa shape index (κ3) is 3.77. The first-order valence-corrected chi connectivity index (χ1v) is 11.4. The predicted octanol–water partition coefficient (Wildman–Crippen LogP) is 3.57. The van der Waals surface area contributed by atoms with Gasteiger partial charge in [-0.1, -0.05) is 19.3 Å². The molecule has 7 heteroatoms. The molecular formula is C24H29N5O2. The maximum absolute atomic E-state index is 13.5. The molecule has 1 amide bonds. The zero-order chi connectivity index (χ0) is 21.4. The van der Waals surface area contributed by atoms with Gasteiger partial charge in [-0.2, -0.15) is 0 Å². The van der Waals surface area contributed by atoms with Gasteiger partial charge in [0.05, 0.1) is 17.1 Å². The fourth-order valence-corrected chi connectivity index (χ4v) is 5.23. The van der Waals surface area contributed by atoms with Gasteiger partial charge in [-0.05, 0) is 55.9 Å². The lowest BCUT2D eigenvalue weighted by Gasteiger charge is -2.21. The van der Waals surface area contributed by atoms with E-state index in [9.17, 15) is 9.59 Å². The zero-order valence-corrected chi connectivity index (χ0v) is 18.0. The standard InChI is InChI=1S/C24H29N5O2/c1-17-12-19(14-25-13-17)23(30)27-11-9-20(16-27)29-22-21(8-5-10-26-22)28(24(29)31)15-18-6-3-2-4-7-18/h5,8,10,12-14,18,20H,2-4,6-7,9,11,15-16H2,1H3. The molecule has 1 unspecified atom stereocenters. The lowest BCUT2D eigenvalue weighted by molar-refractivity contribution is 0.0787. The first kappa shape index (κ1) is 20.0. The first-order valence-electron chi connectivity index (χ1n) is 11.4. The smallest absolute Gasteiger partial charge is 0.330 e. The van der Waals surface area contributed by atoms with Gasteiger partial charge in [-0.15, -0.1) is 0 Å². The number of fused-ring (bicyclic) bond motifs is 1. The summed E-state index contributed by atoms with van der Waals surface area (Å²) >= 11 is 0. The lowest BCUT2D eigenvalue weighted by atomic mass is 9.89. The number of aromatic nitrogens is 4. The second-order valence-corrected chi connectivity index (χ2v) is 9.06. The van der Waals surface area contributed by atoms with Crippen LogP contribution in [0.5, 0.6) is 0 Å². The highest BCUT2D eigenvalue weighted by molar-refractivity contribution is 5.94. The minimum Gasteiger partial charge on any atom is -0.336 e. The Hall–Kier alpha value is -2.96. The number of pyridine rings is 2. The number of imidazole rings is 1. The summed E-state index contributed by atoms with van der Waals surface area (Å²) in [4.78, 5) is 37.0. The Bertz CT molecular complexity index is 1160. The summed E-state index contributed by atoms with van der Waals surface area (Å²) in [5.74, 6) is 0.534. The number of nitrogens with zero attached hydrogens (tertiary/aromatic N) is 5. The number of carbonyl (C=O) groups excluding carboxylic acids is 1. The average molecular weight is 420 g/mol.